The fraction of sp³-hybridized carbons (Fsp3) is 0.0769. The summed E-state index contributed by atoms with van der Waals surface area (Å²) < 4.78 is 10.7. The van der Waals surface area contributed by atoms with Crippen LogP contribution in [0, 0.1) is 0 Å². The molecule has 0 spiro atoms. The highest BCUT2D eigenvalue weighted by Gasteiger charge is 2.12. The van der Waals surface area contributed by atoms with Gasteiger partial charge in [0.1, 0.15) is 11.5 Å². The second kappa shape index (κ2) is 8.43. The summed E-state index contributed by atoms with van der Waals surface area (Å²) in [7, 11) is 3.30. The number of methoxy groups -OCH3 is 2. The summed E-state index contributed by atoms with van der Waals surface area (Å²) in [5.41, 5.74) is 3.33. The van der Waals surface area contributed by atoms with Crippen LogP contribution in [0.2, 0.25) is 0 Å². The van der Waals surface area contributed by atoms with Crippen molar-refractivity contribution in [2.24, 2.45) is 0 Å². The van der Waals surface area contributed by atoms with E-state index in [-0.39, 0.29) is 0 Å². The van der Waals surface area contributed by atoms with Gasteiger partial charge in [0, 0.05) is 23.5 Å². The predicted molar refractivity (Wildman–Crippen MR) is 130 cm³/mol. The van der Waals surface area contributed by atoms with Gasteiger partial charge >= 0.3 is 0 Å². The highest BCUT2D eigenvalue weighted by Crippen LogP contribution is 2.31. The van der Waals surface area contributed by atoms with Crippen molar-refractivity contribution in [1.82, 2.24) is 9.97 Å². The van der Waals surface area contributed by atoms with Gasteiger partial charge in [0.25, 0.3) is 0 Å². The number of hydrogen-bond acceptors (Lipinski definition) is 6. The quantitative estimate of drug-likeness (QED) is 0.314. The second-order valence-electron chi connectivity index (χ2n) is 7.32. The van der Waals surface area contributed by atoms with Crippen molar-refractivity contribution >= 4 is 44.8 Å². The van der Waals surface area contributed by atoms with Gasteiger partial charge in [-0.2, -0.15) is 0 Å². The van der Waals surface area contributed by atoms with Crippen LogP contribution >= 0.6 is 0 Å². The average Bonchev–Trinajstić information content (AvgIpc) is 2.83. The summed E-state index contributed by atoms with van der Waals surface area (Å²) in [6, 6.07) is 27.7. The van der Waals surface area contributed by atoms with E-state index in [0.29, 0.717) is 11.6 Å². The van der Waals surface area contributed by atoms with Gasteiger partial charge in [0.05, 0.1) is 25.3 Å². The Kier molecular flexibility index (Phi) is 5.17. The predicted octanol–water partition coefficient (Wildman–Crippen LogP) is 6.29. The molecule has 4 aromatic carbocycles. The third kappa shape index (κ3) is 3.98. The van der Waals surface area contributed by atoms with E-state index in [1.54, 1.807) is 14.2 Å². The van der Waals surface area contributed by atoms with Gasteiger partial charge < -0.3 is 20.1 Å². The minimum absolute atomic E-state index is 0.615. The largest absolute Gasteiger partial charge is 0.497 e. The smallest absolute Gasteiger partial charge is 0.174 e. The number of nitrogens with zero attached hydrogens (tertiary/aromatic N) is 2. The lowest BCUT2D eigenvalue weighted by Gasteiger charge is -2.15. The molecule has 0 bridgehead atoms. The molecule has 0 atom stereocenters. The Labute approximate surface area is 185 Å². The van der Waals surface area contributed by atoms with Gasteiger partial charge in [0.2, 0.25) is 0 Å². The zero-order valence-electron chi connectivity index (χ0n) is 17.8. The van der Waals surface area contributed by atoms with Crippen LogP contribution in [-0.4, -0.2) is 24.2 Å². The number of anilines is 4. The van der Waals surface area contributed by atoms with E-state index in [9.17, 15) is 0 Å². The van der Waals surface area contributed by atoms with E-state index in [1.807, 2.05) is 60.7 Å². The summed E-state index contributed by atoms with van der Waals surface area (Å²) in [5, 5.41) is 9.02. The Hall–Kier alpha value is -4.32. The zero-order chi connectivity index (χ0) is 21.9. The standard InChI is InChI=1S/C26H22N4O2/c1-31-21-11-5-9-19(15-21)27-25-26(28-20-10-6-12-22(16-20)32-2)30-24-14-18-8-4-3-7-17(18)13-23(24)29-25/h3-16H,1-2H3,(H,27,29)(H,28,30). The molecule has 0 saturated heterocycles. The van der Waals surface area contributed by atoms with Crippen LogP contribution < -0.4 is 20.1 Å². The maximum absolute atomic E-state index is 5.36. The van der Waals surface area contributed by atoms with E-state index in [0.717, 1.165) is 44.7 Å². The first-order valence-corrected chi connectivity index (χ1v) is 10.2. The fourth-order valence-electron chi connectivity index (χ4n) is 3.59. The lowest BCUT2D eigenvalue weighted by atomic mass is 10.1. The molecule has 1 aromatic heterocycles. The third-order valence-electron chi connectivity index (χ3n) is 5.20. The number of rotatable bonds is 6. The Balaban J connectivity index is 1.63. The molecule has 5 aromatic rings. The van der Waals surface area contributed by atoms with Crippen molar-refractivity contribution < 1.29 is 9.47 Å². The number of ether oxygens (including phenoxy) is 2. The molecule has 0 aliphatic heterocycles. The van der Waals surface area contributed by atoms with Crippen LogP contribution in [0.15, 0.2) is 84.9 Å². The molecule has 0 fully saturated rings. The molecular formula is C26H22N4O2. The Bertz CT molecular complexity index is 1310. The molecule has 0 unspecified atom stereocenters. The Morgan fingerprint density at radius 1 is 0.562 bits per heavy atom. The molecule has 6 heteroatoms. The van der Waals surface area contributed by atoms with Crippen LogP contribution in [-0.2, 0) is 0 Å². The van der Waals surface area contributed by atoms with Crippen molar-refractivity contribution in [3.63, 3.8) is 0 Å². The van der Waals surface area contributed by atoms with Gasteiger partial charge in [0.15, 0.2) is 11.6 Å². The lowest BCUT2D eigenvalue weighted by Crippen LogP contribution is -2.03. The molecule has 0 saturated carbocycles. The van der Waals surface area contributed by atoms with Gasteiger partial charge in [-0.15, -0.1) is 0 Å². The van der Waals surface area contributed by atoms with E-state index in [1.165, 1.54) is 0 Å². The molecule has 0 aliphatic carbocycles. The van der Waals surface area contributed by atoms with Crippen molar-refractivity contribution in [1.29, 1.82) is 0 Å². The zero-order valence-corrected chi connectivity index (χ0v) is 17.8. The monoisotopic (exact) mass is 422 g/mol. The summed E-state index contributed by atoms with van der Waals surface area (Å²) >= 11 is 0. The summed E-state index contributed by atoms with van der Waals surface area (Å²) in [5.74, 6) is 2.75. The number of nitrogens with one attached hydrogen (secondary N) is 2. The second-order valence-corrected chi connectivity index (χ2v) is 7.32. The van der Waals surface area contributed by atoms with Gasteiger partial charge in [-0.25, -0.2) is 9.97 Å². The first kappa shape index (κ1) is 19.6. The first-order chi connectivity index (χ1) is 15.7. The minimum atomic E-state index is 0.615. The summed E-state index contributed by atoms with van der Waals surface area (Å²) in [4.78, 5) is 9.81. The Morgan fingerprint density at radius 2 is 1.03 bits per heavy atom. The summed E-state index contributed by atoms with van der Waals surface area (Å²) in [6.45, 7) is 0. The van der Waals surface area contributed by atoms with Crippen molar-refractivity contribution in [2.45, 2.75) is 0 Å². The van der Waals surface area contributed by atoms with Crippen LogP contribution in [0.25, 0.3) is 21.8 Å². The van der Waals surface area contributed by atoms with E-state index in [4.69, 9.17) is 19.4 Å². The highest BCUT2D eigenvalue weighted by molar-refractivity contribution is 5.96. The Morgan fingerprint density at radius 3 is 1.47 bits per heavy atom. The highest BCUT2D eigenvalue weighted by atomic mass is 16.5. The van der Waals surface area contributed by atoms with Crippen molar-refractivity contribution in [2.75, 3.05) is 24.9 Å². The molecule has 0 radical (unpaired) electrons. The van der Waals surface area contributed by atoms with Crippen LogP contribution in [0.1, 0.15) is 0 Å². The van der Waals surface area contributed by atoms with E-state index in [2.05, 4.69) is 34.9 Å². The molecule has 0 amide bonds. The number of fused-ring (bicyclic) bond motifs is 2. The maximum Gasteiger partial charge on any atom is 0.174 e. The van der Waals surface area contributed by atoms with Crippen LogP contribution in [0.3, 0.4) is 0 Å². The van der Waals surface area contributed by atoms with E-state index >= 15 is 0 Å². The van der Waals surface area contributed by atoms with Crippen molar-refractivity contribution in [3.8, 4) is 11.5 Å². The maximum atomic E-state index is 5.36. The van der Waals surface area contributed by atoms with Gasteiger partial charge in [-0.05, 0) is 47.2 Å². The van der Waals surface area contributed by atoms with Crippen LogP contribution in [0.4, 0.5) is 23.0 Å². The molecular weight excluding hydrogens is 400 g/mol. The first-order valence-electron chi connectivity index (χ1n) is 10.2. The fourth-order valence-corrected chi connectivity index (χ4v) is 3.59. The van der Waals surface area contributed by atoms with Crippen LogP contribution in [0.5, 0.6) is 11.5 Å². The molecule has 158 valence electrons. The molecule has 32 heavy (non-hydrogen) atoms. The normalized spacial score (nSPS) is 10.8. The van der Waals surface area contributed by atoms with Gasteiger partial charge in [-0.3, -0.25) is 0 Å². The summed E-state index contributed by atoms with van der Waals surface area (Å²) in [6.07, 6.45) is 0. The molecule has 6 nitrogen and oxygen atoms in total. The molecule has 1 heterocycles. The molecule has 2 N–H and O–H groups in total. The molecule has 5 rings (SSSR count). The topological polar surface area (TPSA) is 68.3 Å². The average molecular weight is 422 g/mol. The third-order valence-corrected chi connectivity index (χ3v) is 5.20. The lowest BCUT2D eigenvalue weighted by molar-refractivity contribution is 0.415. The molecule has 0 aliphatic rings. The SMILES string of the molecule is COc1cccc(Nc2nc3cc4ccccc4cc3nc2Nc2cccc(OC)c2)c1. The van der Waals surface area contributed by atoms with E-state index < -0.39 is 0 Å². The number of hydrogen-bond donors (Lipinski definition) is 2. The van der Waals surface area contributed by atoms with Crippen molar-refractivity contribution in [3.05, 3.63) is 84.9 Å². The number of aromatic nitrogens is 2. The number of benzene rings is 4. The van der Waals surface area contributed by atoms with Gasteiger partial charge in [-0.1, -0.05) is 36.4 Å². The minimum Gasteiger partial charge on any atom is -0.497 e.